The number of hydrogen-bond donors (Lipinski definition) is 1. The standard InChI is InChI=1S/C15H22BrNO/c1-3-15(4-2)13(17)9-14(15)18-10-11-7-5-6-8-12(11)16/h5-8,13-14H,3-4,9-10,17H2,1-2H3. The van der Waals surface area contributed by atoms with Crippen LogP contribution in [0, 0.1) is 5.41 Å². The van der Waals surface area contributed by atoms with E-state index in [4.69, 9.17) is 10.5 Å². The quantitative estimate of drug-likeness (QED) is 0.896. The normalized spacial score (nSPS) is 25.8. The molecule has 18 heavy (non-hydrogen) atoms. The molecule has 2 N–H and O–H groups in total. The molecule has 0 aliphatic heterocycles. The van der Waals surface area contributed by atoms with E-state index in [0.717, 1.165) is 23.7 Å². The van der Waals surface area contributed by atoms with Crippen LogP contribution in [0.3, 0.4) is 0 Å². The summed E-state index contributed by atoms with van der Waals surface area (Å²) in [7, 11) is 0. The lowest BCUT2D eigenvalue weighted by Gasteiger charge is -2.53. The zero-order valence-corrected chi connectivity index (χ0v) is 12.7. The highest BCUT2D eigenvalue weighted by molar-refractivity contribution is 9.10. The van der Waals surface area contributed by atoms with Crippen LogP contribution < -0.4 is 5.73 Å². The molecule has 1 aliphatic rings. The number of hydrogen-bond acceptors (Lipinski definition) is 2. The van der Waals surface area contributed by atoms with Crippen molar-refractivity contribution in [1.82, 2.24) is 0 Å². The van der Waals surface area contributed by atoms with E-state index in [1.54, 1.807) is 0 Å². The summed E-state index contributed by atoms with van der Waals surface area (Å²) in [5, 5.41) is 0. The minimum Gasteiger partial charge on any atom is -0.373 e. The Morgan fingerprint density at radius 2 is 2.00 bits per heavy atom. The van der Waals surface area contributed by atoms with Gasteiger partial charge in [-0.25, -0.2) is 0 Å². The molecule has 0 radical (unpaired) electrons. The summed E-state index contributed by atoms with van der Waals surface area (Å²) in [6.45, 7) is 5.11. The Kier molecular flexibility index (Phi) is 4.46. The molecule has 0 amide bonds. The third kappa shape index (κ3) is 2.36. The average Bonchev–Trinajstić information content (AvgIpc) is 2.37. The Balaban J connectivity index is 1.98. The van der Waals surface area contributed by atoms with Crippen molar-refractivity contribution in [3.8, 4) is 0 Å². The molecule has 2 atom stereocenters. The van der Waals surface area contributed by atoms with Crippen LogP contribution in [0.15, 0.2) is 28.7 Å². The van der Waals surface area contributed by atoms with Crippen molar-refractivity contribution in [2.75, 3.05) is 0 Å². The van der Waals surface area contributed by atoms with Crippen molar-refractivity contribution in [3.63, 3.8) is 0 Å². The third-order valence-corrected chi connectivity index (χ3v) is 5.34. The maximum Gasteiger partial charge on any atom is 0.0731 e. The van der Waals surface area contributed by atoms with Gasteiger partial charge < -0.3 is 10.5 Å². The van der Waals surface area contributed by atoms with E-state index in [2.05, 4.69) is 41.9 Å². The van der Waals surface area contributed by atoms with Crippen molar-refractivity contribution in [2.24, 2.45) is 11.1 Å². The molecule has 0 saturated heterocycles. The number of ether oxygens (including phenoxy) is 1. The molecule has 3 heteroatoms. The first kappa shape index (κ1) is 14.0. The molecule has 1 fully saturated rings. The summed E-state index contributed by atoms with van der Waals surface area (Å²) < 4.78 is 7.22. The van der Waals surface area contributed by atoms with Gasteiger partial charge in [-0.2, -0.15) is 0 Å². The molecule has 0 aromatic heterocycles. The van der Waals surface area contributed by atoms with E-state index < -0.39 is 0 Å². The van der Waals surface area contributed by atoms with Gasteiger partial charge in [-0.3, -0.25) is 0 Å². The molecule has 1 aliphatic carbocycles. The molecule has 0 spiro atoms. The fraction of sp³-hybridized carbons (Fsp3) is 0.600. The summed E-state index contributed by atoms with van der Waals surface area (Å²) in [6, 6.07) is 8.52. The number of nitrogens with two attached hydrogens (primary N) is 1. The second kappa shape index (κ2) is 5.72. The molecule has 1 aromatic carbocycles. The minimum atomic E-state index is 0.196. The molecule has 1 saturated carbocycles. The van der Waals surface area contributed by atoms with Gasteiger partial charge in [0.15, 0.2) is 0 Å². The zero-order chi connectivity index (χ0) is 13.2. The lowest BCUT2D eigenvalue weighted by Crippen LogP contribution is -2.61. The predicted molar refractivity (Wildman–Crippen MR) is 78.3 cm³/mol. The second-order valence-corrected chi connectivity index (χ2v) is 6.03. The van der Waals surface area contributed by atoms with E-state index in [0.29, 0.717) is 18.8 Å². The number of halogens is 1. The minimum absolute atomic E-state index is 0.196. The van der Waals surface area contributed by atoms with Crippen molar-refractivity contribution >= 4 is 15.9 Å². The highest BCUT2D eigenvalue weighted by atomic mass is 79.9. The topological polar surface area (TPSA) is 35.2 Å². The van der Waals surface area contributed by atoms with Gasteiger partial charge >= 0.3 is 0 Å². The number of rotatable bonds is 5. The van der Waals surface area contributed by atoms with Crippen molar-refractivity contribution in [2.45, 2.75) is 51.9 Å². The van der Waals surface area contributed by atoms with Crippen LogP contribution in [0.25, 0.3) is 0 Å². The van der Waals surface area contributed by atoms with Crippen LogP contribution in [0.5, 0.6) is 0 Å². The van der Waals surface area contributed by atoms with Gasteiger partial charge in [0.05, 0.1) is 12.7 Å². The highest BCUT2D eigenvalue weighted by Gasteiger charge is 2.51. The zero-order valence-electron chi connectivity index (χ0n) is 11.2. The lowest BCUT2D eigenvalue weighted by molar-refractivity contribution is -0.137. The van der Waals surface area contributed by atoms with Crippen LogP contribution in [0.4, 0.5) is 0 Å². The van der Waals surface area contributed by atoms with Crippen LogP contribution in [0.2, 0.25) is 0 Å². The molecule has 1 aromatic rings. The largest absolute Gasteiger partial charge is 0.373 e. The molecule has 2 nitrogen and oxygen atoms in total. The molecule has 2 rings (SSSR count). The number of benzene rings is 1. The summed E-state index contributed by atoms with van der Waals surface area (Å²) in [6.07, 6.45) is 3.51. The molecule has 0 heterocycles. The maximum absolute atomic E-state index is 6.18. The van der Waals surface area contributed by atoms with Crippen molar-refractivity contribution in [1.29, 1.82) is 0 Å². The molecule has 2 unspecified atom stereocenters. The summed E-state index contributed by atoms with van der Waals surface area (Å²) in [5.74, 6) is 0. The van der Waals surface area contributed by atoms with Crippen molar-refractivity contribution in [3.05, 3.63) is 34.3 Å². The van der Waals surface area contributed by atoms with Crippen LogP contribution in [-0.4, -0.2) is 12.1 Å². The van der Waals surface area contributed by atoms with E-state index in [1.807, 2.05) is 12.1 Å². The lowest BCUT2D eigenvalue weighted by atomic mass is 9.59. The monoisotopic (exact) mass is 311 g/mol. The van der Waals surface area contributed by atoms with Crippen molar-refractivity contribution < 1.29 is 4.74 Å². The van der Waals surface area contributed by atoms with E-state index >= 15 is 0 Å². The maximum atomic E-state index is 6.18. The first-order valence-electron chi connectivity index (χ1n) is 6.74. The Labute approximate surface area is 118 Å². The Bertz CT molecular complexity index is 403. The SMILES string of the molecule is CCC1(CC)C(N)CC1OCc1ccccc1Br. The van der Waals surface area contributed by atoms with Gasteiger partial charge in [0, 0.05) is 15.9 Å². The van der Waals surface area contributed by atoms with Gasteiger partial charge in [0.1, 0.15) is 0 Å². The second-order valence-electron chi connectivity index (χ2n) is 5.17. The first-order chi connectivity index (χ1) is 8.64. The van der Waals surface area contributed by atoms with E-state index in [-0.39, 0.29) is 5.41 Å². The molecular formula is C15H22BrNO. The Morgan fingerprint density at radius 1 is 1.33 bits per heavy atom. The summed E-state index contributed by atoms with van der Waals surface area (Å²) in [5.41, 5.74) is 7.58. The summed E-state index contributed by atoms with van der Waals surface area (Å²) >= 11 is 3.56. The molecule has 0 bridgehead atoms. The molecule has 100 valence electrons. The van der Waals surface area contributed by atoms with E-state index in [9.17, 15) is 0 Å². The van der Waals surface area contributed by atoms with Crippen LogP contribution in [0.1, 0.15) is 38.7 Å². The van der Waals surface area contributed by atoms with Gasteiger partial charge in [-0.15, -0.1) is 0 Å². The first-order valence-corrected chi connectivity index (χ1v) is 7.54. The Morgan fingerprint density at radius 3 is 2.56 bits per heavy atom. The third-order valence-electron chi connectivity index (χ3n) is 4.56. The van der Waals surface area contributed by atoms with Gasteiger partial charge in [-0.1, -0.05) is 48.0 Å². The fourth-order valence-electron chi connectivity index (χ4n) is 3.05. The van der Waals surface area contributed by atoms with Crippen LogP contribution >= 0.6 is 15.9 Å². The van der Waals surface area contributed by atoms with Gasteiger partial charge in [0.25, 0.3) is 0 Å². The van der Waals surface area contributed by atoms with Gasteiger partial charge in [0.2, 0.25) is 0 Å². The molecular weight excluding hydrogens is 290 g/mol. The van der Waals surface area contributed by atoms with E-state index in [1.165, 1.54) is 5.56 Å². The Hall–Kier alpha value is -0.380. The predicted octanol–water partition coefficient (Wildman–Crippen LogP) is 3.87. The van der Waals surface area contributed by atoms with Gasteiger partial charge in [-0.05, 0) is 30.9 Å². The highest BCUT2D eigenvalue weighted by Crippen LogP contribution is 2.48. The summed E-state index contributed by atoms with van der Waals surface area (Å²) in [4.78, 5) is 0. The van der Waals surface area contributed by atoms with Crippen LogP contribution in [-0.2, 0) is 11.3 Å². The smallest absolute Gasteiger partial charge is 0.0731 e. The fourth-order valence-corrected chi connectivity index (χ4v) is 3.45. The average molecular weight is 312 g/mol.